The molecule has 1 aromatic heterocycles. The molecule has 0 radical (unpaired) electrons. The number of hydrogen-bond donors (Lipinski definition) is 0. The van der Waals surface area contributed by atoms with Gasteiger partial charge in [0.25, 0.3) is 0 Å². The summed E-state index contributed by atoms with van der Waals surface area (Å²) in [7, 11) is 2.17. The Kier molecular flexibility index (Phi) is 2.98. The first kappa shape index (κ1) is 11.5. The van der Waals surface area contributed by atoms with Gasteiger partial charge in [0.1, 0.15) is 5.76 Å². The van der Waals surface area contributed by atoms with Gasteiger partial charge in [-0.1, -0.05) is 20.8 Å². The van der Waals surface area contributed by atoms with E-state index in [1.54, 1.807) is 0 Å². The van der Waals surface area contributed by atoms with Crippen LogP contribution in [-0.2, 0) is 5.41 Å². The summed E-state index contributed by atoms with van der Waals surface area (Å²) in [6.07, 6.45) is 0. The second-order valence-corrected chi connectivity index (χ2v) is 5.68. The Bertz CT molecular complexity index is 343. The van der Waals surface area contributed by atoms with Crippen LogP contribution in [0, 0.1) is 0 Å². The Morgan fingerprint density at radius 1 is 1.06 bits per heavy atom. The SMILES string of the molecule is CN1CCN(c2ccc(C(C)(C)C)o2)CC1. The third-order valence-electron chi connectivity index (χ3n) is 3.15. The Morgan fingerprint density at radius 2 is 1.69 bits per heavy atom. The Morgan fingerprint density at radius 3 is 2.19 bits per heavy atom. The minimum atomic E-state index is 0.102. The maximum Gasteiger partial charge on any atom is 0.195 e. The van der Waals surface area contributed by atoms with Crippen LogP contribution in [0.2, 0.25) is 0 Å². The molecule has 1 fully saturated rings. The molecule has 0 amide bonds. The van der Waals surface area contributed by atoms with E-state index in [0.717, 1.165) is 37.8 Å². The molecule has 2 heterocycles. The maximum absolute atomic E-state index is 5.93. The average Bonchev–Trinajstić information content (AvgIpc) is 2.67. The molecule has 1 aliphatic rings. The first-order valence-electron chi connectivity index (χ1n) is 6.00. The first-order chi connectivity index (χ1) is 7.47. The van der Waals surface area contributed by atoms with Gasteiger partial charge in [-0.25, -0.2) is 0 Å². The van der Waals surface area contributed by atoms with Gasteiger partial charge in [0.2, 0.25) is 0 Å². The zero-order valence-corrected chi connectivity index (χ0v) is 10.8. The van der Waals surface area contributed by atoms with Crippen LogP contribution in [0.15, 0.2) is 16.5 Å². The lowest BCUT2D eigenvalue weighted by Crippen LogP contribution is -2.44. The molecular weight excluding hydrogens is 200 g/mol. The second kappa shape index (κ2) is 4.13. The van der Waals surface area contributed by atoms with Gasteiger partial charge in [-0.05, 0) is 13.1 Å². The van der Waals surface area contributed by atoms with Gasteiger partial charge in [-0.3, -0.25) is 0 Å². The molecular formula is C13H22N2O. The van der Waals surface area contributed by atoms with Crippen molar-refractivity contribution in [2.75, 3.05) is 38.1 Å². The van der Waals surface area contributed by atoms with Crippen LogP contribution in [0.1, 0.15) is 26.5 Å². The van der Waals surface area contributed by atoms with Crippen LogP contribution in [0.3, 0.4) is 0 Å². The number of rotatable bonds is 1. The lowest BCUT2D eigenvalue weighted by atomic mass is 9.94. The van der Waals surface area contributed by atoms with Crippen LogP contribution >= 0.6 is 0 Å². The van der Waals surface area contributed by atoms with E-state index in [0.29, 0.717) is 0 Å². The number of anilines is 1. The van der Waals surface area contributed by atoms with Crippen molar-refractivity contribution in [3.05, 3.63) is 17.9 Å². The largest absolute Gasteiger partial charge is 0.445 e. The zero-order chi connectivity index (χ0) is 11.8. The molecule has 1 aliphatic heterocycles. The molecule has 1 aromatic rings. The van der Waals surface area contributed by atoms with E-state index in [4.69, 9.17) is 4.42 Å². The molecule has 0 atom stereocenters. The van der Waals surface area contributed by atoms with Gasteiger partial charge in [0.05, 0.1) is 0 Å². The normalized spacial score (nSPS) is 19.1. The molecule has 0 aliphatic carbocycles. The fraction of sp³-hybridized carbons (Fsp3) is 0.692. The summed E-state index contributed by atoms with van der Waals surface area (Å²) in [6, 6.07) is 4.21. The van der Waals surface area contributed by atoms with Gasteiger partial charge in [-0.2, -0.15) is 0 Å². The maximum atomic E-state index is 5.93. The molecule has 0 N–H and O–H groups in total. The minimum Gasteiger partial charge on any atom is -0.445 e. The molecule has 0 spiro atoms. The summed E-state index contributed by atoms with van der Waals surface area (Å²) in [4.78, 5) is 4.68. The predicted molar refractivity (Wildman–Crippen MR) is 67.1 cm³/mol. The third kappa shape index (κ3) is 2.40. The Labute approximate surface area is 98.0 Å². The van der Waals surface area contributed by atoms with Crippen molar-refractivity contribution in [2.45, 2.75) is 26.2 Å². The first-order valence-corrected chi connectivity index (χ1v) is 6.00. The average molecular weight is 222 g/mol. The van der Waals surface area contributed by atoms with Gasteiger partial charge >= 0.3 is 0 Å². The number of likely N-dealkylation sites (N-methyl/N-ethyl adjacent to an activating group) is 1. The summed E-state index contributed by atoms with van der Waals surface area (Å²) >= 11 is 0. The third-order valence-corrected chi connectivity index (χ3v) is 3.15. The van der Waals surface area contributed by atoms with Crippen LogP contribution in [0.25, 0.3) is 0 Å². The van der Waals surface area contributed by atoms with Gasteiger partial charge in [-0.15, -0.1) is 0 Å². The van der Waals surface area contributed by atoms with Crippen molar-refractivity contribution in [1.29, 1.82) is 0 Å². The second-order valence-electron chi connectivity index (χ2n) is 5.68. The van der Waals surface area contributed by atoms with Crippen molar-refractivity contribution in [3.63, 3.8) is 0 Å². The molecule has 0 unspecified atom stereocenters. The number of hydrogen-bond acceptors (Lipinski definition) is 3. The van der Waals surface area contributed by atoms with Crippen LogP contribution in [0.4, 0.5) is 5.88 Å². The summed E-state index contributed by atoms with van der Waals surface area (Å²) in [5, 5.41) is 0. The highest BCUT2D eigenvalue weighted by Gasteiger charge is 2.21. The monoisotopic (exact) mass is 222 g/mol. The Balaban J connectivity index is 2.08. The van der Waals surface area contributed by atoms with E-state index < -0.39 is 0 Å². The summed E-state index contributed by atoms with van der Waals surface area (Å²) < 4.78 is 5.93. The van der Waals surface area contributed by atoms with Crippen molar-refractivity contribution in [2.24, 2.45) is 0 Å². The predicted octanol–water partition coefficient (Wildman–Crippen LogP) is 2.33. The standard InChI is InChI=1S/C13H22N2O/c1-13(2,3)11-5-6-12(16-11)15-9-7-14(4)8-10-15/h5-6H,7-10H2,1-4H3. The van der Waals surface area contributed by atoms with E-state index in [1.807, 2.05) is 0 Å². The van der Waals surface area contributed by atoms with Crippen LogP contribution in [-0.4, -0.2) is 38.1 Å². The highest BCUT2D eigenvalue weighted by molar-refractivity contribution is 5.38. The van der Waals surface area contributed by atoms with Gasteiger partial charge in [0, 0.05) is 37.7 Å². The molecule has 2 rings (SSSR count). The molecule has 16 heavy (non-hydrogen) atoms. The smallest absolute Gasteiger partial charge is 0.195 e. The zero-order valence-electron chi connectivity index (χ0n) is 10.8. The molecule has 0 aromatic carbocycles. The molecule has 3 nitrogen and oxygen atoms in total. The highest BCUT2D eigenvalue weighted by Crippen LogP contribution is 2.28. The van der Waals surface area contributed by atoms with Gasteiger partial charge < -0.3 is 14.2 Å². The van der Waals surface area contributed by atoms with Crippen LogP contribution in [0.5, 0.6) is 0 Å². The highest BCUT2D eigenvalue weighted by atomic mass is 16.4. The number of piperazine rings is 1. The van der Waals surface area contributed by atoms with Crippen LogP contribution < -0.4 is 4.90 Å². The molecule has 0 bridgehead atoms. The van der Waals surface area contributed by atoms with E-state index in [-0.39, 0.29) is 5.41 Å². The van der Waals surface area contributed by atoms with E-state index in [1.165, 1.54) is 0 Å². The van der Waals surface area contributed by atoms with E-state index in [9.17, 15) is 0 Å². The fourth-order valence-electron chi connectivity index (χ4n) is 1.93. The molecule has 90 valence electrons. The lowest BCUT2D eigenvalue weighted by Gasteiger charge is -2.32. The topological polar surface area (TPSA) is 19.6 Å². The van der Waals surface area contributed by atoms with E-state index in [2.05, 4.69) is 49.8 Å². The lowest BCUT2D eigenvalue weighted by molar-refractivity contribution is 0.302. The minimum absolute atomic E-state index is 0.102. The van der Waals surface area contributed by atoms with Crippen molar-refractivity contribution in [3.8, 4) is 0 Å². The number of furan rings is 1. The van der Waals surface area contributed by atoms with Crippen molar-refractivity contribution < 1.29 is 4.42 Å². The van der Waals surface area contributed by atoms with Gasteiger partial charge in [0.15, 0.2) is 5.88 Å². The Hall–Kier alpha value is -0.960. The summed E-state index contributed by atoms with van der Waals surface area (Å²) in [5.74, 6) is 2.10. The number of nitrogens with zero attached hydrogens (tertiary/aromatic N) is 2. The van der Waals surface area contributed by atoms with E-state index >= 15 is 0 Å². The summed E-state index contributed by atoms with van der Waals surface area (Å²) in [6.45, 7) is 10.9. The molecule has 3 heteroatoms. The molecule has 1 saturated heterocycles. The summed E-state index contributed by atoms with van der Waals surface area (Å²) in [5.41, 5.74) is 0.102. The van der Waals surface area contributed by atoms with Crippen molar-refractivity contribution in [1.82, 2.24) is 4.90 Å². The van der Waals surface area contributed by atoms with Crippen molar-refractivity contribution >= 4 is 5.88 Å². The fourth-order valence-corrected chi connectivity index (χ4v) is 1.93. The molecule has 0 saturated carbocycles. The quantitative estimate of drug-likeness (QED) is 0.727.